The maximum absolute atomic E-state index is 3.89. The molecule has 0 fully saturated rings. The summed E-state index contributed by atoms with van der Waals surface area (Å²) in [5.41, 5.74) is 4.87. The minimum atomic E-state index is 0.350. The van der Waals surface area contributed by atoms with Crippen LogP contribution in [-0.4, -0.2) is 34.2 Å². The monoisotopic (exact) mass is 299 g/mol. The molecule has 0 spiro atoms. The lowest BCUT2D eigenvalue weighted by molar-refractivity contribution is 0.615. The second-order valence-corrected chi connectivity index (χ2v) is 5.50. The number of anilines is 1. The fourth-order valence-electron chi connectivity index (χ4n) is 2.48. The van der Waals surface area contributed by atoms with E-state index < -0.39 is 0 Å². The largest absolute Gasteiger partial charge is 0.393 e. The first-order valence-electron chi connectivity index (χ1n) is 7.67. The standard InChI is InChI=1S/C19H29N3/c1-7-15(14-20-3)17-10-9-16(19(13-17)22(5)6)11-12-18(8-2)21-4/h7-10,13-14,18,20-21H,1-2,11-12H2,3-6H3/b15-14+. The first-order chi connectivity index (χ1) is 10.6. The third-order valence-corrected chi connectivity index (χ3v) is 3.80. The van der Waals surface area contributed by atoms with E-state index in [4.69, 9.17) is 0 Å². The molecule has 0 aliphatic rings. The number of hydrogen-bond acceptors (Lipinski definition) is 3. The molecule has 1 aromatic carbocycles. The van der Waals surface area contributed by atoms with Crippen LogP contribution in [0.4, 0.5) is 5.69 Å². The van der Waals surface area contributed by atoms with Crippen molar-refractivity contribution in [3.05, 3.63) is 60.8 Å². The molecule has 0 saturated heterocycles. The lowest BCUT2D eigenvalue weighted by Crippen LogP contribution is -2.23. The Hall–Kier alpha value is -2.00. The van der Waals surface area contributed by atoms with E-state index in [9.17, 15) is 0 Å². The zero-order valence-electron chi connectivity index (χ0n) is 14.3. The van der Waals surface area contributed by atoms with Crippen LogP contribution in [0, 0.1) is 0 Å². The van der Waals surface area contributed by atoms with E-state index in [0.29, 0.717) is 6.04 Å². The number of likely N-dealkylation sites (N-methyl/N-ethyl adjacent to an activating group) is 1. The molecule has 3 heteroatoms. The molecule has 22 heavy (non-hydrogen) atoms. The van der Waals surface area contributed by atoms with Gasteiger partial charge in [-0.1, -0.05) is 30.9 Å². The van der Waals surface area contributed by atoms with Crippen molar-refractivity contribution < 1.29 is 0 Å². The first kappa shape index (κ1) is 18.1. The highest BCUT2D eigenvalue weighted by Gasteiger charge is 2.09. The number of rotatable bonds is 9. The lowest BCUT2D eigenvalue weighted by atomic mass is 9.98. The van der Waals surface area contributed by atoms with Gasteiger partial charge in [0.15, 0.2) is 0 Å². The summed E-state index contributed by atoms with van der Waals surface area (Å²) in [6, 6.07) is 6.95. The average molecular weight is 299 g/mol. The number of benzene rings is 1. The second-order valence-electron chi connectivity index (χ2n) is 5.50. The zero-order valence-corrected chi connectivity index (χ0v) is 14.3. The van der Waals surface area contributed by atoms with Gasteiger partial charge in [0, 0.05) is 39.1 Å². The minimum Gasteiger partial charge on any atom is -0.393 e. The fraction of sp³-hybridized carbons (Fsp3) is 0.368. The van der Waals surface area contributed by atoms with Crippen molar-refractivity contribution >= 4 is 11.3 Å². The molecule has 3 nitrogen and oxygen atoms in total. The average Bonchev–Trinajstić information content (AvgIpc) is 2.53. The highest BCUT2D eigenvalue weighted by molar-refractivity contribution is 5.76. The number of nitrogens with zero attached hydrogens (tertiary/aromatic N) is 1. The minimum absolute atomic E-state index is 0.350. The predicted octanol–water partition coefficient (Wildman–Crippen LogP) is 3.21. The molecule has 0 aliphatic carbocycles. The van der Waals surface area contributed by atoms with Gasteiger partial charge in [0.1, 0.15) is 0 Å². The summed E-state index contributed by atoms with van der Waals surface area (Å²) in [4.78, 5) is 2.17. The van der Waals surface area contributed by atoms with Gasteiger partial charge in [0.05, 0.1) is 0 Å². The van der Waals surface area contributed by atoms with E-state index in [0.717, 1.165) is 18.4 Å². The van der Waals surface area contributed by atoms with Crippen LogP contribution in [0.1, 0.15) is 17.5 Å². The summed E-state index contributed by atoms with van der Waals surface area (Å²) < 4.78 is 0. The van der Waals surface area contributed by atoms with Gasteiger partial charge < -0.3 is 15.5 Å². The van der Waals surface area contributed by atoms with E-state index in [1.165, 1.54) is 16.8 Å². The highest BCUT2D eigenvalue weighted by atomic mass is 15.1. The zero-order chi connectivity index (χ0) is 16.5. The Morgan fingerprint density at radius 1 is 1.27 bits per heavy atom. The summed E-state index contributed by atoms with van der Waals surface area (Å²) in [6.07, 6.45) is 7.87. The van der Waals surface area contributed by atoms with Crippen molar-refractivity contribution in [3.63, 3.8) is 0 Å². The van der Waals surface area contributed by atoms with Gasteiger partial charge in [-0.05, 0) is 42.7 Å². The topological polar surface area (TPSA) is 27.3 Å². The Balaban J connectivity index is 3.07. The molecular weight excluding hydrogens is 270 g/mol. The molecule has 1 atom stereocenters. The summed E-state index contributed by atoms with van der Waals surface area (Å²) in [5.74, 6) is 0. The van der Waals surface area contributed by atoms with Crippen molar-refractivity contribution in [2.24, 2.45) is 0 Å². The molecule has 0 radical (unpaired) electrons. The van der Waals surface area contributed by atoms with Crippen LogP contribution in [0.15, 0.2) is 49.7 Å². The fourth-order valence-corrected chi connectivity index (χ4v) is 2.48. The van der Waals surface area contributed by atoms with E-state index in [1.807, 2.05) is 32.4 Å². The highest BCUT2D eigenvalue weighted by Crippen LogP contribution is 2.26. The smallest absolute Gasteiger partial charge is 0.0399 e. The second kappa shape index (κ2) is 9.11. The van der Waals surface area contributed by atoms with Crippen molar-refractivity contribution in [2.75, 3.05) is 33.1 Å². The Kier molecular flexibility index (Phi) is 7.47. The predicted molar refractivity (Wildman–Crippen MR) is 99.4 cm³/mol. The van der Waals surface area contributed by atoms with Crippen LogP contribution in [0.3, 0.4) is 0 Å². The molecule has 0 saturated carbocycles. The molecule has 120 valence electrons. The maximum atomic E-state index is 3.89. The van der Waals surface area contributed by atoms with Gasteiger partial charge in [-0.15, -0.1) is 6.58 Å². The van der Waals surface area contributed by atoms with Crippen LogP contribution >= 0.6 is 0 Å². The molecule has 0 bridgehead atoms. The number of aryl methyl sites for hydroxylation is 1. The summed E-state index contributed by atoms with van der Waals surface area (Å²) in [6.45, 7) is 7.77. The normalized spacial score (nSPS) is 12.6. The van der Waals surface area contributed by atoms with E-state index >= 15 is 0 Å². The van der Waals surface area contributed by atoms with Gasteiger partial charge in [-0.3, -0.25) is 0 Å². The molecule has 1 unspecified atom stereocenters. The Morgan fingerprint density at radius 3 is 2.50 bits per heavy atom. The SMILES string of the molecule is C=C/C(=C\NC)c1ccc(CCC(C=C)NC)c(N(C)C)c1. The van der Waals surface area contributed by atoms with Crippen LogP contribution < -0.4 is 15.5 Å². The quantitative estimate of drug-likeness (QED) is 0.541. The molecule has 2 N–H and O–H groups in total. The Morgan fingerprint density at radius 2 is 2.00 bits per heavy atom. The van der Waals surface area contributed by atoms with Crippen molar-refractivity contribution in [1.82, 2.24) is 10.6 Å². The number of nitrogens with one attached hydrogen (secondary N) is 2. The molecule has 0 aliphatic heterocycles. The molecule has 1 aromatic rings. The summed E-state index contributed by atoms with van der Waals surface area (Å²) >= 11 is 0. The molecule has 0 aromatic heterocycles. The Bertz CT molecular complexity index is 529. The van der Waals surface area contributed by atoms with Gasteiger partial charge >= 0.3 is 0 Å². The maximum Gasteiger partial charge on any atom is 0.0399 e. The first-order valence-corrected chi connectivity index (χ1v) is 7.67. The third kappa shape index (κ3) is 4.78. The molecular formula is C19H29N3. The Labute approximate surface area is 135 Å². The summed E-state index contributed by atoms with van der Waals surface area (Å²) in [7, 11) is 8.04. The van der Waals surface area contributed by atoms with Gasteiger partial charge in [0.25, 0.3) is 0 Å². The van der Waals surface area contributed by atoms with E-state index in [-0.39, 0.29) is 0 Å². The number of hydrogen-bond donors (Lipinski definition) is 2. The summed E-state index contributed by atoms with van der Waals surface area (Å²) in [5, 5.41) is 6.33. The van der Waals surface area contributed by atoms with E-state index in [1.54, 1.807) is 0 Å². The van der Waals surface area contributed by atoms with Gasteiger partial charge in [0.2, 0.25) is 0 Å². The van der Waals surface area contributed by atoms with Crippen molar-refractivity contribution in [2.45, 2.75) is 18.9 Å². The molecule has 0 amide bonds. The van der Waals surface area contributed by atoms with Crippen LogP contribution in [0.5, 0.6) is 0 Å². The third-order valence-electron chi connectivity index (χ3n) is 3.80. The van der Waals surface area contributed by atoms with Gasteiger partial charge in [-0.2, -0.15) is 0 Å². The van der Waals surface area contributed by atoms with Gasteiger partial charge in [-0.25, -0.2) is 0 Å². The van der Waals surface area contributed by atoms with Crippen LogP contribution in [-0.2, 0) is 6.42 Å². The van der Waals surface area contributed by atoms with E-state index in [2.05, 4.69) is 61.0 Å². The van der Waals surface area contributed by atoms with Crippen molar-refractivity contribution in [3.8, 4) is 0 Å². The molecule has 0 heterocycles. The van der Waals surface area contributed by atoms with Crippen LogP contribution in [0.25, 0.3) is 5.57 Å². The van der Waals surface area contributed by atoms with Crippen molar-refractivity contribution in [1.29, 1.82) is 0 Å². The van der Waals surface area contributed by atoms with Crippen LogP contribution in [0.2, 0.25) is 0 Å². The molecule has 1 rings (SSSR count). The lowest BCUT2D eigenvalue weighted by Gasteiger charge is -2.20. The number of allylic oxidation sites excluding steroid dienone is 2.